The lowest BCUT2D eigenvalue weighted by molar-refractivity contribution is 0.0725. The van der Waals surface area contributed by atoms with Gasteiger partial charge in [0.15, 0.2) is 0 Å². The highest BCUT2D eigenvalue weighted by Crippen LogP contribution is 2.29. The molecule has 0 saturated carbocycles. The molecule has 144 valence electrons. The van der Waals surface area contributed by atoms with Gasteiger partial charge < -0.3 is 9.64 Å². The SMILES string of the molecule is COc1ccccc1S(=O)(=O)Nc1cc(Cl)ccc1C(=O)N1CCCCC1. The molecule has 0 radical (unpaired) electrons. The van der Waals surface area contributed by atoms with Gasteiger partial charge in [-0.3, -0.25) is 9.52 Å². The lowest BCUT2D eigenvalue weighted by Crippen LogP contribution is -2.36. The molecule has 1 amide bonds. The molecule has 0 aliphatic carbocycles. The molecule has 1 heterocycles. The van der Waals surface area contributed by atoms with Gasteiger partial charge in [0.2, 0.25) is 0 Å². The minimum atomic E-state index is -3.96. The van der Waals surface area contributed by atoms with E-state index in [0.29, 0.717) is 18.1 Å². The first-order chi connectivity index (χ1) is 12.9. The van der Waals surface area contributed by atoms with E-state index in [4.69, 9.17) is 16.3 Å². The lowest BCUT2D eigenvalue weighted by atomic mass is 10.1. The average molecular weight is 409 g/mol. The van der Waals surface area contributed by atoms with Crippen LogP contribution in [0.25, 0.3) is 0 Å². The standard InChI is InChI=1S/C19H21ClN2O4S/c1-26-17-7-3-4-8-18(17)27(24,25)21-16-13-14(20)9-10-15(16)19(23)22-11-5-2-6-12-22/h3-4,7-10,13,21H,2,5-6,11-12H2,1H3. The van der Waals surface area contributed by atoms with Crippen molar-refractivity contribution in [2.75, 3.05) is 24.9 Å². The molecule has 1 N–H and O–H groups in total. The van der Waals surface area contributed by atoms with Gasteiger partial charge in [0.25, 0.3) is 15.9 Å². The second kappa shape index (κ2) is 8.19. The van der Waals surface area contributed by atoms with Crippen LogP contribution < -0.4 is 9.46 Å². The molecule has 1 fully saturated rings. The number of carbonyl (C=O) groups excluding carboxylic acids is 1. The maximum absolute atomic E-state index is 12.9. The highest BCUT2D eigenvalue weighted by molar-refractivity contribution is 7.92. The summed E-state index contributed by atoms with van der Waals surface area (Å²) in [5.41, 5.74) is 0.434. The first kappa shape index (κ1) is 19.5. The fourth-order valence-electron chi connectivity index (χ4n) is 3.10. The molecular formula is C19H21ClN2O4S. The normalized spacial score (nSPS) is 14.7. The maximum Gasteiger partial charge on any atom is 0.265 e. The number of sulfonamides is 1. The Kier molecular flexibility index (Phi) is 5.92. The van der Waals surface area contributed by atoms with E-state index in [-0.39, 0.29) is 27.8 Å². The summed E-state index contributed by atoms with van der Waals surface area (Å²) in [4.78, 5) is 14.6. The number of benzene rings is 2. The number of rotatable bonds is 5. The van der Waals surface area contributed by atoms with Crippen LogP contribution in [0.3, 0.4) is 0 Å². The van der Waals surface area contributed by atoms with E-state index < -0.39 is 10.0 Å². The summed E-state index contributed by atoms with van der Waals surface area (Å²) < 4.78 is 33.4. The third-order valence-electron chi connectivity index (χ3n) is 4.46. The molecule has 27 heavy (non-hydrogen) atoms. The molecule has 0 bridgehead atoms. The van der Waals surface area contributed by atoms with Crippen LogP contribution in [0.5, 0.6) is 5.75 Å². The highest BCUT2D eigenvalue weighted by Gasteiger charge is 2.25. The van der Waals surface area contributed by atoms with Gasteiger partial charge in [0.05, 0.1) is 18.4 Å². The van der Waals surface area contributed by atoms with Crippen LogP contribution in [0.1, 0.15) is 29.6 Å². The molecule has 1 aliphatic rings. The van der Waals surface area contributed by atoms with E-state index in [9.17, 15) is 13.2 Å². The van der Waals surface area contributed by atoms with E-state index in [2.05, 4.69) is 4.72 Å². The van der Waals surface area contributed by atoms with Gasteiger partial charge in [-0.25, -0.2) is 8.42 Å². The minimum Gasteiger partial charge on any atom is -0.495 e. The van der Waals surface area contributed by atoms with Gasteiger partial charge >= 0.3 is 0 Å². The third-order valence-corrected chi connectivity index (χ3v) is 6.10. The molecule has 3 rings (SSSR count). The molecule has 1 saturated heterocycles. The number of nitrogens with zero attached hydrogens (tertiary/aromatic N) is 1. The second-order valence-electron chi connectivity index (χ2n) is 6.30. The number of methoxy groups -OCH3 is 1. The van der Waals surface area contributed by atoms with Gasteiger partial charge in [-0.1, -0.05) is 23.7 Å². The van der Waals surface area contributed by atoms with Crippen molar-refractivity contribution in [1.29, 1.82) is 0 Å². The molecule has 0 unspecified atom stereocenters. The third kappa shape index (κ3) is 4.36. The zero-order valence-corrected chi connectivity index (χ0v) is 16.5. The Morgan fingerprint density at radius 3 is 2.52 bits per heavy atom. The number of anilines is 1. The summed E-state index contributed by atoms with van der Waals surface area (Å²) in [6.07, 6.45) is 2.99. The molecule has 2 aromatic rings. The lowest BCUT2D eigenvalue weighted by Gasteiger charge is -2.27. The van der Waals surface area contributed by atoms with Crippen LogP contribution in [0.15, 0.2) is 47.4 Å². The summed E-state index contributed by atoms with van der Waals surface area (Å²) >= 11 is 6.06. The molecule has 0 aromatic heterocycles. The van der Waals surface area contributed by atoms with Crippen molar-refractivity contribution in [3.8, 4) is 5.75 Å². The zero-order valence-electron chi connectivity index (χ0n) is 14.9. The number of para-hydroxylation sites is 1. The Morgan fingerprint density at radius 1 is 1.11 bits per heavy atom. The molecule has 8 heteroatoms. The topological polar surface area (TPSA) is 75.7 Å². The number of piperidine rings is 1. The van der Waals surface area contributed by atoms with Crippen molar-refractivity contribution in [2.45, 2.75) is 24.2 Å². The molecular weight excluding hydrogens is 388 g/mol. The van der Waals surface area contributed by atoms with E-state index >= 15 is 0 Å². The predicted octanol–water partition coefficient (Wildman–Crippen LogP) is 3.78. The van der Waals surface area contributed by atoms with Crippen molar-refractivity contribution >= 4 is 33.2 Å². The van der Waals surface area contributed by atoms with Crippen molar-refractivity contribution in [3.63, 3.8) is 0 Å². The summed E-state index contributed by atoms with van der Waals surface area (Å²) in [7, 11) is -2.56. The number of amides is 1. The van der Waals surface area contributed by atoms with Crippen molar-refractivity contribution in [1.82, 2.24) is 4.90 Å². The Labute approximate surface area is 164 Å². The van der Waals surface area contributed by atoms with Crippen molar-refractivity contribution in [3.05, 3.63) is 53.1 Å². The van der Waals surface area contributed by atoms with Crippen LogP contribution in [0.4, 0.5) is 5.69 Å². The van der Waals surface area contributed by atoms with E-state index in [1.54, 1.807) is 35.2 Å². The zero-order chi connectivity index (χ0) is 19.4. The summed E-state index contributed by atoms with van der Waals surface area (Å²) in [5, 5.41) is 0.336. The number of nitrogens with one attached hydrogen (secondary N) is 1. The fraction of sp³-hybridized carbons (Fsp3) is 0.316. The summed E-state index contributed by atoms with van der Waals surface area (Å²) in [5.74, 6) is 0.0139. The second-order valence-corrected chi connectivity index (χ2v) is 8.39. The molecule has 2 aromatic carbocycles. The minimum absolute atomic E-state index is 0.0103. The number of hydrogen-bond donors (Lipinski definition) is 1. The number of carbonyl (C=O) groups is 1. The molecule has 0 atom stereocenters. The monoisotopic (exact) mass is 408 g/mol. The van der Waals surface area contributed by atoms with E-state index in [1.165, 1.54) is 19.2 Å². The first-order valence-electron chi connectivity index (χ1n) is 8.67. The Bertz CT molecular complexity index is 940. The number of hydrogen-bond acceptors (Lipinski definition) is 4. The van der Waals surface area contributed by atoms with Gasteiger partial charge in [0, 0.05) is 18.1 Å². The Morgan fingerprint density at radius 2 is 1.81 bits per heavy atom. The number of likely N-dealkylation sites (tertiary alicyclic amines) is 1. The smallest absolute Gasteiger partial charge is 0.265 e. The van der Waals surface area contributed by atoms with Gasteiger partial charge in [-0.05, 0) is 49.6 Å². The van der Waals surface area contributed by atoms with E-state index in [1.807, 2.05) is 0 Å². The average Bonchev–Trinajstić information content (AvgIpc) is 2.68. The number of halogens is 1. The summed E-state index contributed by atoms with van der Waals surface area (Å²) in [6.45, 7) is 1.33. The van der Waals surface area contributed by atoms with Crippen molar-refractivity contribution < 1.29 is 17.9 Å². The van der Waals surface area contributed by atoms with Gasteiger partial charge in [0.1, 0.15) is 10.6 Å². The van der Waals surface area contributed by atoms with Crippen molar-refractivity contribution in [2.24, 2.45) is 0 Å². The maximum atomic E-state index is 12.9. The first-order valence-corrected chi connectivity index (χ1v) is 10.5. The van der Waals surface area contributed by atoms with Gasteiger partial charge in [-0.15, -0.1) is 0 Å². The Balaban J connectivity index is 1.96. The molecule has 6 nitrogen and oxygen atoms in total. The van der Waals surface area contributed by atoms with Gasteiger partial charge in [-0.2, -0.15) is 0 Å². The molecule has 0 spiro atoms. The number of ether oxygens (including phenoxy) is 1. The quantitative estimate of drug-likeness (QED) is 0.816. The predicted molar refractivity (Wildman–Crippen MR) is 105 cm³/mol. The fourth-order valence-corrected chi connectivity index (χ4v) is 4.51. The largest absolute Gasteiger partial charge is 0.495 e. The highest BCUT2D eigenvalue weighted by atomic mass is 35.5. The molecule has 1 aliphatic heterocycles. The van der Waals surface area contributed by atoms with Crippen LogP contribution in [-0.4, -0.2) is 39.4 Å². The van der Waals surface area contributed by atoms with Crippen LogP contribution in [0, 0.1) is 0 Å². The van der Waals surface area contributed by atoms with Crippen LogP contribution in [-0.2, 0) is 10.0 Å². The Hall–Kier alpha value is -2.25. The summed E-state index contributed by atoms with van der Waals surface area (Å²) in [6, 6.07) is 10.9. The van der Waals surface area contributed by atoms with E-state index in [0.717, 1.165) is 19.3 Å². The van der Waals surface area contributed by atoms with Crippen LogP contribution >= 0.6 is 11.6 Å². The van der Waals surface area contributed by atoms with Crippen LogP contribution in [0.2, 0.25) is 5.02 Å².